The lowest BCUT2D eigenvalue weighted by Gasteiger charge is -2.46. The second-order valence-electron chi connectivity index (χ2n) is 6.11. The molecule has 2 aliphatic heterocycles. The number of ether oxygens (including phenoxy) is 1. The molecule has 0 N–H and O–H groups in total. The molecule has 102 valence electrons. The van der Waals surface area contributed by atoms with Crippen LogP contribution in [0.3, 0.4) is 0 Å². The van der Waals surface area contributed by atoms with E-state index in [0.717, 1.165) is 12.8 Å². The van der Waals surface area contributed by atoms with Gasteiger partial charge in [0.2, 0.25) is 0 Å². The predicted molar refractivity (Wildman–Crippen MR) is 64.0 cm³/mol. The van der Waals surface area contributed by atoms with Crippen LogP contribution in [0.5, 0.6) is 0 Å². The van der Waals surface area contributed by atoms with Gasteiger partial charge in [0.1, 0.15) is 5.60 Å². The van der Waals surface area contributed by atoms with Crippen molar-refractivity contribution in [1.29, 1.82) is 0 Å². The molecule has 0 aliphatic carbocycles. The van der Waals surface area contributed by atoms with Crippen LogP contribution in [0.1, 0.15) is 46.5 Å². The molecule has 2 heterocycles. The molecule has 1 unspecified atom stereocenters. The van der Waals surface area contributed by atoms with Crippen molar-refractivity contribution in [2.24, 2.45) is 0 Å². The molecule has 2 fully saturated rings. The minimum absolute atomic E-state index is 0.122. The predicted octanol–water partition coefficient (Wildman–Crippen LogP) is 2.46. The Morgan fingerprint density at radius 2 is 2.06 bits per heavy atom. The fourth-order valence-electron chi connectivity index (χ4n) is 2.76. The Morgan fingerprint density at radius 3 is 2.67 bits per heavy atom. The van der Waals surface area contributed by atoms with Gasteiger partial charge in [0, 0.05) is 12.5 Å². The number of amides is 1. The third-order valence-electron chi connectivity index (χ3n) is 3.47. The maximum Gasteiger partial charge on any atom is 0.410 e. The Hall–Kier alpha value is -1.13. The van der Waals surface area contributed by atoms with Gasteiger partial charge in [-0.25, -0.2) is 9.18 Å². The Kier molecular flexibility index (Phi) is 3.34. The molecule has 0 radical (unpaired) electrons. The van der Waals surface area contributed by atoms with Crippen LogP contribution in [0.4, 0.5) is 9.18 Å². The zero-order chi connectivity index (χ0) is 13.5. The minimum atomic E-state index is -1.55. The second kappa shape index (κ2) is 4.52. The van der Waals surface area contributed by atoms with E-state index in [4.69, 9.17) is 4.74 Å². The lowest BCUT2D eigenvalue weighted by molar-refractivity contribution is -0.135. The SMILES string of the molecule is CC(C)(C)OC(=O)N1C2CCC[C@H]1[C@H](F)C(=O)C2. The Bertz CT molecular complexity index is 364. The lowest BCUT2D eigenvalue weighted by Crippen LogP contribution is -2.61. The van der Waals surface area contributed by atoms with Crippen LogP contribution in [-0.2, 0) is 9.53 Å². The molecule has 2 saturated heterocycles. The molecule has 3 atom stereocenters. The molecule has 5 heteroatoms. The van der Waals surface area contributed by atoms with Crippen LogP contribution in [0.15, 0.2) is 0 Å². The topological polar surface area (TPSA) is 46.6 Å². The first kappa shape index (κ1) is 13.3. The molecular weight excluding hydrogens is 237 g/mol. The number of nitrogens with zero attached hydrogens (tertiary/aromatic N) is 1. The summed E-state index contributed by atoms with van der Waals surface area (Å²) in [6.45, 7) is 5.34. The van der Waals surface area contributed by atoms with Crippen molar-refractivity contribution >= 4 is 11.9 Å². The Morgan fingerprint density at radius 1 is 1.39 bits per heavy atom. The van der Waals surface area contributed by atoms with E-state index in [9.17, 15) is 14.0 Å². The van der Waals surface area contributed by atoms with E-state index in [1.54, 1.807) is 20.8 Å². The van der Waals surface area contributed by atoms with E-state index < -0.39 is 23.9 Å². The van der Waals surface area contributed by atoms with Gasteiger partial charge in [0.15, 0.2) is 12.0 Å². The summed E-state index contributed by atoms with van der Waals surface area (Å²) in [7, 11) is 0. The van der Waals surface area contributed by atoms with Crippen molar-refractivity contribution in [1.82, 2.24) is 4.90 Å². The van der Waals surface area contributed by atoms with Gasteiger partial charge in [-0.15, -0.1) is 0 Å². The summed E-state index contributed by atoms with van der Waals surface area (Å²) in [4.78, 5) is 25.1. The van der Waals surface area contributed by atoms with Gasteiger partial charge in [-0.05, 0) is 40.0 Å². The highest BCUT2D eigenvalue weighted by Crippen LogP contribution is 2.34. The average Bonchev–Trinajstić information content (AvgIpc) is 2.23. The average molecular weight is 257 g/mol. The molecule has 2 bridgehead atoms. The molecule has 0 spiro atoms. The first-order chi connectivity index (χ1) is 8.29. The summed E-state index contributed by atoms with van der Waals surface area (Å²) in [5.74, 6) is -0.371. The summed E-state index contributed by atoms with van der Waals surface area (Å²) >= 11 is 0. The van der Waals surface area contributed by atoms with Crippen molar-refractivity contribution in [2.45, 2.75) is 70.3 Å². The monoisotopic (exact) mass is 257 g/mol. The zero-order valence-electron chi connectivity index (χ0n) is 11.1. The number of piperidine rings is 2. The highest BCUT2D eigenvalue weighted by molar-refractivity contribution is 5.87. The lowest BCUT2D eigenvalue weighted by atomic mass is 9.83. The number of halogens is 1. The quantitative estimate of drug-likeness (QED) is 0.669. The number of Topliss-reactive ketones (excluding diaryl/α,β-unsaturated/α-hetero) is 1. The van der Waals surface area contributed by atoms with E-state index in [0.29, 0.717) is 6.42 Å². The maximum absolute atomic E-state index is 13.9. The van der Waals surface area contributed by atoms with Crippen molar-refractivity contribution in [3.63, 3.8) is 0 Å². The van der Waals surface area contributed by atoms with E-state index in [2.05, 4.69) is 0 Å². The molecule has 0 aromatic carbocycles. The van der Waals surface area contributed by atoms with Gasteiger partial charge in [0.05, 0.1) is 6.04 Å². The number of ketones is 1. The number of carbonyl (C=O) groups excluding carboxylic acids is 2. The summed E-state index contributed by atoms with van der Waals surface area (Å²) in [5.41, 5.74) is -0.599. The highest BCUT2D eigenvalue weighted by atomic mass is 19.1. The zero-order valence-corrected chi connectivity index (χ0v) is 11.1. The first-order valence-electron chi connectivity index (χ1n) is 6.48. The normalized spacial score (nSPS) is 32.3. The van der Waals surface area contributed by atoms with Crippen LogP contribution in [0, 0.1) is 0 Å². The summed E-state index contributed by atoms with van der Waals surface area (Å²) in [5, 5.41) is 0. The van der Waals surface area contributed by atoms with E-state index in [1.165, 1.54) is 4.90 Å². The van der Waals surface area contributed by atoms with Gasteiger partial charge in [-0.3, -0.25) is 9.69 Å². The molecule has 4 nitrogen and oxygen atoms in total. The van der Waals surface area contributed by atoms with Gasteiger partial charge in [0.25, 0.3) is 0 Å². The molecule has 1 amide bonds. The minimum Gasteiger partial charge on any atom is -0.444 e. The number of hydrogen-bond acceptors (Lipinski definition) is 3. The molecule has 18 heavy (non-hydrogen) atoms. The van der Waals surface area contributed by atoms with Gasteiger partial charge in [-0.1, -0.05) is 0 Å². The molecule has 0 saturated carbocycles. The molecule has 0 aromatic rings. The number of rotatable bonds is 0. The number of fused-ring (bicyclic) bond motifs is 2. The fourth-order valence-corrected chi connectivity index (χ4v) is 2.76. The van der Waals surface area contributed by atoms with Crippen molar-refractivity contribution in [2.75, 3.05) is 0 Å². The largest absolute Gasteiger partial charge is 0.444 e. The third kappa shape index (κ3) is 2.49. The molecule has 2 aliphatic rings. The van der Waals surface area contributed by atoms with E-state index in [-0.39, 0.29) is 18.2 Å². The van der Waals surface area contributed by atoms with E-state index in [1.807, 2.05) is 0 Å². The summed E-state index contributed by atoms with van der Waals surface area (Å²) in [6, 6.07) is -0.807. The van der Waals surface area contributed by atoms with Crippen LogP contribution >= 0.6 is 0 Å². The maximum atomic E-state index is 13.9. The van der Waals surface area contributed by atoms with E-state index >= 15 is 0 Å². The molecular formula is C13H20FNO3. The third-order valence-corrected chi connectivity index (χ3v) is 3.47. The van der Waals surface area contributed by atoms with Crippen LogP contribution in [0.2, 0.25) is 0 Å². The second-order valence-corrected chi connectivity index (χ2v) is 6.11. The number of carbonyl (C=O) groups is 2. The number of hydrogen-bond donors (Lipinski definition) is 0. The van der Waals surface area contributed by atoms with Gasteiger partial charge >= 0.3 is 6.09 Å². The highest BCUT2D eigenvalue weighted by Gasteiger charge is 2.48. The first-order valence-corrected chi connectivity index (χ1v) is 6.48. The smallest absolute Gasteiger partial charge is 0.410 e. The summed E-state index contributed by atoms with van der Waals surface area (Å²) < 4.78 is 19.2. The van der Waals surface area contributed by atoms with Gasteiger partial charge < -0.3 is 4.74 Å². The van der Waals surface area contributed by atoms with Gasteiger partial charge in [-0.2, -0.15) is 0 Å². The van der Waals surface area contributed by atoms with Crippen molar-refractivity contribution < 1.29 is 18.7 Å². The van der Waals surface area contributed by atoms with Crippen LogP contribution in [0.25, 0.3) is 0 Å². The van der Waals surface area contributed by atoms with Crippen LogP contribution in [-0.4, -0.2) is 40.6 Å². The van der Waals surface area contributed by atoms with Crippen LogP contribution < -0.4 is 0 Å². The number of alkyl halides is 1. The molecule has 0 aromatic heterocycles. The van der Waals surface area contributed by atoms with Crippen molar-refractivity contribution in [3.05, 3.63) is 0 Å². The fraction of sp³-hybridized carbons (Fsp3) is 0.846. The summed E-state index contributed by atoms with van der Waals surface area (Å²) in [6.07, 6.45) is 0.247. The Balaban J connectivity index is 2.16. The van der Waals surface area contributed by atoms with Crippen molar-refractivity contribution in [3.8, 4) is 0 Å². The Labute approximate surface area is 106 Å². The molecule has 2 rings (SSSR count). The standard InChI is InChI=1S/C13H20FNO3/c1-13(2,3)18-12(17)15-8-5-4-6-9(15)11(14)10(16)7-8/h8-9,11H,4-7H2,1-3H3/t8?,9-,11-/m0/s1.